The van der Waals surface area contributed by atoms with Gasteiger partial charge in [-0.15, -0.1) is 0 Å². The highest BCUT2D eigenvalue weighted by Crippen LogP contribution is 2.36. The lowest BCUT2D eigenvalue weighted by atomic mass is 10.1. The molecule has 0 aliphatic carbocycles. The molecule has 0 radical (unpaired) electrons. The summed E-state index contributed by atoms with van der Waals surface area (Å²) in [5.74, 6) is -0.00487. The molecule has 178 valence electrons. The number of ether oxygens (including phenoxy) is 1. The first-order valence-electron chi connectivity index (χ1n) is 10.6. The summed E-state index contributed by atoms with van der Waals surface area (Å²) in [5, 5.41) is 2.85. The Balaban J connectivity index is 1.76. The van der Waals surface area contributed by atoms with Crippen LogP contribution in [0.2, 0.25) is 0 Å². The predicted molar refractivity (Wildman–Crippen MR) is 140 cm³/mol. The first kappa shape index (κ1) is 24.2. The Morgan fingerprint density at radius 1 is 0.829 bits per heavy atom. The van der Waals surface area contributed by atoms with E-state index in [9.17, 15) is 13.2 Å². The van der Waals surface area contributed by atoms with Gasteiger partial charge in [0.1, 0.15) is 5.75 Å². The number of carbonyl (C=O) groups excluding carboxylic acids is 1. The lowest BCUT2D eigenvalue weighted by Crippen LogP contribution is -2.19. The Hall–Kier alpha value is -3.95. The summed E-state index contributed by atoms with van der Waals surface area (Å²) in [6, 6.07) is 27.2. The van der Waals surface area contributed by atoms with Gasteiger partial charge in [0.2, 0.25) is 0 Å². The van der Waals surface area contributed by atoms with Crippen LogP contribution in [0.5, 0.6) is 5.75 Å². The normalized spacial score (nSPS) is 11.0. The summed E-state index contributed by atoms with van der Waals surface area (Å²) in [7, 11) is -2.42. The number of rotatable bonds is 8. The van der Waals surface area contributed by atoms with Crippen LogP contribution in [0.25, 0.3) is 0 Å². The maximum absolute atomic E-state index is 13.6. The molecule has 0 saturated heterocycles. The standard InChI is InChI=1S/C26H23N3O4S2/c1-33-23-12-6-5-10-21(23)28-26(30)25-22(29-35(31,32)20-8-3-2-4-9-20)11-7-13-24(25)34-19-16-14-18(27)15-17-19/h2-17,29H,27H2,1H3,(H,28,30). The zero-order chi connectivity index (χ0) is 24.8. The Morgan fingerprint density at radius 2 is 1.49 bits per heavy atom. The van der Waals surface area contributed by atoms with Crippen molar-refractivity contribution in [2.75, 3.05) is 22.9 Å². The second-order valence-electron chi connectivity index (χ2n) is 7.42. The van der Waals surface area contributed by atoms with Crippen molar-refractivity contribution >= 4 is 44.8 Å². The number of hydrogen-bond donors (Lipinski definition) is 3. The Morgan fingerprint density at radius 3 is 2.20 bits per heavy atom. The number of nitrogen functional groups attached to an aromatic ring is 1. The molecule has 0 bridgehead atoms. The van der Waals surface area contributed by atoms with Gasteiger partial charge in [-0.1, -0.05) is 48.2 Å². The number of nitrogens with one attached hydrogen (secondary N) is 2. The van der Waals surface area contributed by atoms with Gasteiger partial charge in [0, 0.05) is 15.5 Å². The van der Waals surface area contributed by atoms with Crippen molar-refractivity contribution in [1.82, 2.24) is 0 Å². The molecule has 0 spiro atoms. The van der Waals surface area contributed by atoms with E-state index in [0.29, 0.717) is 22.0 Å². The molecule has 0 unspecified atom stereocenters. The van der Waals surface area contributed by atoms with Crippen LogP contribution in [-0.2, 0) is 10.0 Å². The number of sulfonamides is 1. The first-order valence-corrected chi connectivity index (χ1v) is 12.9. The lowest BCUT2D eigenvalue weighted by molar-refractivity contribution is 0.102. The summed E-state index contributed by atoms with van der Waals surface area (Å²) in [5.41, 5.74) is 7.21. The van der Waals surface area contributed by atoms with E-state index in [0.717, 1.165) is 4.90 Å². The molecule has 1 amide bonds. The lowest BCUT2D eigenvalue weighted by Gasteiger charge is -2.17. The van der Waals surface area contributed by atoms with Gasteiger partial charge in [0.15, 0.2) is 0 Å². The summed E-state index contributed by atoms with van der Waals surface area (Å²) >= 11 is 1.33. The molecule has 0 aromatic heterocycles. The average molecular weight is 506 g/mol. The van der Waals surface area contributed by atoms with E-state index in [4.69, 9.17) is 10.5 Å². The number of benzene rings is 4. The highest BCUT2D eigenvalue weighted by atomic mass is 32.2. The van der Waals surface area contributed by atoms with Crippen molar-refractivity contribution < 1.29 is 17.9 Å². The van der Waals surface area contributed by atoms with Gasteiger partial charge >= 0.3 is 0 Å². The molecule has 9 heteroatoms. The molecule has 0 fully saturated rings. The highest BCUT2D eigenvalue weighted by molar-refractivity contribution is 7.99. The average Bonchev–Trinajstić information content (AvgIpc) is 2.86. The Bertz CT molecular complexity index is 1440. The molecule has 7 nitrogen and oxygen atoms in total. The van der Waals surface area contributed by atoms with E-state index < -0.39 is 15.9 Å². The number of carbonyl (C=O) groups is 1. The van der Waals surface area contributed by atoms with Gasteiger partial charge in [-0.05, 0) is 60.7 Å². The number of nitrogens with two attached hydrogens (primary N) is 1. The number of amides is 1. The molecule has 35 heavy (non-hydrogen) atoms. The zero-order valence-corrected chi connectivity index (χ0v) is 20.4. The number of methoxy groups -OCH3 is 1. The topological polar surface area (TPSA) is 111 Å². The Labute approximate surface area is 208 Å². The molecule has 4 aromatic rings. The molecule has 0 aliphatic rings. The van der Waals surface area contributed by atoms with Crippen LogP contribution < -0.4 is 20.5 Å². The van der Waals surface area contributed by atoms with Crippen LogP contribution in [0.1, 0.15) is 10.4 Å². The fraction of sp³-hybridized carbons (Fsp3) is 0.0385. The summed E-state index contributed by atoms with van der Waals surface area (Å²) in [6.07, 6.45) is 0. The molecule has 4 N–H and O–H groups in total. The van der Waals surface area contributed by atoms with Gasteiger partial charge in [-0.2, -0.15) is 0 Å². The minimum Gasteiger partial charge on any atom is -0.495 e. The summed E-state index contributed by atoms with van der Waals surface area (Å²) in [4.78, 5) is 15.1. The van der Waals surface area contributed by atoms with Crippen LogP contribution in [-0.4, -0.2) is 21.4 Å². The summed E-state index contributed by atoms with van der Waals surface area (Å²) in [6.45, 7) is 0. The van der Waals surface area contributed by atoms with Crippen molar-refractivity contribution in [3.8, 4) is 5.75 Å². The molecule has 0 atom stereocenters. The third-order valence-corrected chi connectivity index (χ3v) is 7.46. The maximum atomic E-state index is 13.6. The van der Waals surface area contributed by atoms with E-state index in [1.807, 2.05) is 12.1 Å². The summed E-state index contributed by atoms with van der Waals surface area (Å²) < 4.78 is 34.0. The van der Waals surface area contributed by atoms with Crippen molar-refractivity contribution in [2.24, 2.45) is 0 Å². The second-order valence-corrected chi connectivity index (χ2v) is 10.2. The second kappa shape index (κ2) is 10.5. The minimum atomic E-state index is -3.93. The smallest absolute Gasteiger partial charge is 0.261 e. The largest absolute Gasteiger partial charge is 0.495 e. The quantitative estimate of drug-likeness (QED) is 0.274. The molecule has 0 heterocycles. The third-order valence-electron chi connectivity index (χ3n) is 5.01. The minimum absolute atomic E-state index is 0.0904. The fourth-order valence-corrected chi connectivity index (χ4v) is 5.40. The number of anilines is 3. The van der Waals surface area contributed by atoms with E-state index in [2.05, 4.69) is 10.0 Å². The van der Waals surface area contributed by atoms with Crippen LogP contribution in [0.15, 0.2) is 112 Å². The molecule has 4 rings (SSSR count). The molecule has 4 aromatic carbocycles. The van der Waals surface area contributed by atoms with Crippen molar-refractivity contribution in [2.45, 2.75) is 14.7 Å². The van der Waals surface area contributed by atoms with Crippen molar-refractivity contribution in [3.05, 3.63) is 103 Å². The van der Waals surface area contributed by atoms with Crippen LogP contribution >= 0.6 is 11.8 Å². The van der Waals surface area contributed by atoms with Crippen molar-refractivity contribution in [1.29, 1.82) is 0 Å². The molecule has 0 aliphatic heterocycles. The van der Waals surface area contributed by atoms with Gasteiger partial charge in [0.25, 0.3) is 15.9 Å². The van der Waals surface area contributed by atoms with Gasteiger partial charge in [-0.25, -0.2) is 8.42 Å². The molecular formula is C26H23N3O4S2. The van der Waals surface area contributed by atoms with Gasteiger partial charge in [0.05, 0.1) is 28.9 Å². The predicted octanol–water partition coefficient (Wildman–Crippen LogP) is 5.48. The Kier molecular flexibility index (Phi) is 7.28. The van der Waals surface area contributed by atoms with Crippen LogP contribution in [0.4, 0.5) is 17.1 Å². The van der Waals surface area contributed by atoms with Crippen LogP contribution in [0.3, 0.4) is 0 Å². The third kappa shape index (κ3) is 5.76. The monoisotopic (exact) mass is 505 g/mol. The van der Waals surface area contributed by atoms with E-state index >= 15 is 0 Å². The first-order chi connectivity index (χ1) is 16.9. The van der Waals surface area contributed by atoms with E-state index in [1.165, 1.54) is 31.0 Å². The molecule has 0 saturated carbocycles. The van der Waals surface area contributed by atoms with Gasteiger partial charge < -0.3 is 15.8 Å². The van der Waals surface area contributed by atoms with Gasteiger partial charge in [-0.3, -0.25) is 9.52 Å². The zero-order valence-electron chi connectivity index (χ0n) is 18.8. The van der Waals surface area contributed by atoms with E-state index in [1.54, 1.807) is 72.8 Å². The fourth-order valence-electron chi connectivity index (χ4n) is 3.33. The SMILES string of the molecule is COc1ccccc1NC(=O)c1c(NS(=O)(=O)c2ccccc2)cccc1Sc1ccc(N)cc1. The van der Waals surface area contributed by atoms with Crippen LogP contribution in [0, 0.1) is 0 Å². The van der Waals surface area contributed by atoms with Crippen molar-refractivity contribution in [3.63, 3.8) is 0 Å². The highest BCUT2D eigenvalue weighted by Gasteiger charge is 2.23. The molecular weight excluding hydrogens is 482 g/mol. The maximum Gasteiger partial charge on any atom is 0.261 e. The number of hydrogen-bond acceptors (Lipinski definition) is 6. The number of para-hydroxylation sites is 2. The van der Waals surface area contributed by atoms with E-state index in [-0.39, 0.29) is 16.1 Å².